The molecule has 1 aromatic heterocycles. The fourth-order valence-corrected chi connectivity index (χ4v) is 3.63. The highest BCUT2D eigenvalue weighted by molar-refractivity contribution is 5.75. The molecule has 158 valence electrons. The molecular weight excluding hydrogens is 378 g/mol. The summed E-state index contributed by atoms with van der Waals surface area (Å²) in [5.74, 6) is 1.91. The average Bonchev–Trinajstić information content (AvgIpc) is 3.19. The fraction of sp³-hybridized carbons (Fsp3) is 0.375. The van der Waals surface area contributed by atoms with Crippen LogP contribution in [0.15, 0.2) is 40.9 Å². The summed E-state index contributed by atoms with van der Waals surface area (Å²) >= 11 is 0. The van der Waals surface area contributed by atoms with Crippen LogP contribution in [0.25, 0.3) is 11.4 Å². The zero-order valence-electron chi connectivity index (χ0n) is 18.1. The summed E-state index contributed by atoms with van der Waals surface area (Å²) in [6.45, 7) is 7.00. The number of hydrogen-bond acceptors (Lipinski definition) is 5. The summed E-state index contributed by atoms with van der Waals surface area (Å²) in [7, 11) is 1.63. The number of rotatable bonds is 9. The van der Waals surface area contributed by atoms with Gasteiger partial charge in [0.1, 0.15) is 5.75 Å². The van der Waals surface area contributed by atoms with Gasteiger partial charge < -0.3 is 14.6 Å². The van der Waals surface area contributed by atoms with E-state index in [1.165, 1.54) is 22.3 Å². The molecule has 6 heteroatoms. The molecule has 0 fully saturated rings. The van der Waals surface area contributed by atoms with Gasteiger partial charge in [0.05, 0.1) is 7.11 Å². The van der Waals surface area contributed by atoms with E-state index in [-0.39, 0.29) is 5.91 Å². The van der Waals surface area contributed by atoms with Crippen LogP contribution in [0.4, 0.5) is 0 Å². The van der Waals surface area contributed by atoms with Crippen molar-refractivity contribution in [2.24, 2.45) is 0 Å². The molecule has 0 radical (unpaired) electrons. The van der Waals surface area contributed by atoms with Gasteiger partial charge >= 0.3 is 0 Å². The number of carbonyl (C=O) groups excluding carboxylic acids is 1. The average molecular weight is 408 g/mol. The second-order valence-corrected chi connectivity index (χ2v) is 7.57. The van der Waals surface area contributed by atoms with Gasteiger partial charge in [0.15, 0.2) is 0 Å². The Morgan fingerprint density at radius 1 is 1.07 bits per heavy atom. The Balaban J connectivity index is 1.41. The predicted octanol–water partition coefficient (Wildman–Crippen LogP) is 4.35. The lowest BCUT2D eigenvalue weighted by atomic mass is 9.97. The number of hydrogen-bond donors (Lipinski definition) is 1. The van der Waals surface area contributed by atoms with Crippen molar-refractivity contribution in [3.05, 3.63) is 64.5 Å². The molecule has 0 saturated heterocycles. The SMILES string of the molecule is COc1ccc(-c2noc(CCCC(=O)NCCc3c(C)cc(C)cc3C)n2)cc1. The molecule has 30 heavy (non-hydrogen) atoms. The monoisotopic (exact) mass is 407 g/mol. The van der Waals surface area contributed by atoms with E-state index in [4.69, 9.17) is 9.26 Å². The molecule has 1 amide bonds. The van der Waals surface area contributed by atoms with Gasteiger partial charge in [-0.15, -0.1) is 0 Å². The molecule has 0 spiro atoms. The number of nitrogens with one attached hydrogen (secondary N) is 1. The van der Waals surface area contributed by atoms with Crippen LogP contribution in [-0.2, 0) is 17.6 Å². The third kappa shape index (κ3) is 5.69. The molecule has 0 saturated carbocycles. The summed E-state index contributed by atoms with van der Waals surface area (Å²) in [5, 5.41) is 7.03. The number of benzene rings is 2. The second-order valence-electron chi connectivity index (χ2n) is 7.57. The highest BCUT2D eigenvalue weighted by Crippen LogP contribution is 2.20. The van der Waals surface area contributed by atoms with Crippen molar-refractivity contribution in [2.45, 2.75) is 46.5 Å². The molecule has 0 aliphatic heterocycles. The first kappa shape index (κ1) is 21.6. The Bertz CT molecular complexity index is 970. The maximum absolute atomic E-state index is 12.1. The van der Waals surface area contributed by atoms with E-state index in [0.29, 0.717) is 37.5 Å². The summed E-state index contributed by atoms with van der Waals surface area (Å²) < 4.78 is 10.5. The minimum Gasteiger partial charge on any atom is -0.497 e. The molecule has 2 aromatic carbocycles. The normalized spacial score (nSPS) is 10.8. The molecule has 3 rings (SSSR count). The van der Waals surface area contributed by atoms with Crippen LogP contribution in [0.1, 0.15) is 41.0 Å². The van der Waals surface area contributed by atoms with Crippen LogP contribution >= 0.6 is 0 Å². The van der Waals surface area contributed by atoms with Crippen LogP contribution in [0, 0.1) is 20.8 Å². The van der Waals surface area contributed by atoms with Crippen LogP contribution in [-0.4, -0.2) is 29.7 Å². The third-order valence-corrected chi connectivity index (χ3v) is 5.15. The van der Waals surface area contributed by atoms with Crippen LogP contribution in [0.2, 0.25) is 0 Å². The number of methoxy groups -OCH3 is 1. The molecule has 0 aliphatic carbocycles. The van der Waals surface area contributed by atoms with Crippen LogP contribution in [0.5, 0.6) is 5.75 Å². The quantitative estimate of drug-likeness (QED) is 0.570. The summed E-state index contributed by atoms with van der Waals surface area (Å²) in [6, 6.07) is 11.9. The highest BCUT2D eigenvalue weighted by atomic mass is 16.5. The lowest BCUT2D eigenvalue weighted by Gasteiger charge is -2.12. The summed E-state index contributed by atoms with van der Waals surface area (Å²) in [4.78, 5) is 16.6. The predicted molar refractivity (Wildman–Crippen MR) is 117 cm³/mol. The van der Waals surface area contributed by atoms with E-state index >= 15 is 0 Å². The maximum Gasteiger partial charge on any atom is 0.226 e. The first-order valence-corrected chi connectivity index (χ1v) is 10.3. The first-order valence-electron chi connectivity index (χ1n) is 10.3. The molecular formula is C24H29N3O3. The standard InChI is InChI=1S/C24H29N3O3/c1-16-14-17(2)21(18(3)15-16)12-13-25-22(28)6-5-7-23-26-24(27-30-23)19-8-10-20(29-4)11-9-19/h8-11,14-15H,5-7,12-13H2,1-4H3,(H,25,28). The van der Waals surface area contributed by atoms with Gasteiger partial charge in [-0.1, -0.05) is 22.9 Å². The zero-order chi connectivity index (χ0) is 21.5. The Morgan fingerprint density at radius 3 is 2.43 bits per heavy atom. The van der Waals surface area contributed by atoms with Crippen molar-refractivity contribution in [3.63, 3.8) is 0 Å². The van der Waals surface area contributed by atoms with Crippen molar-refractivity contribution >= 4 is 5.91 Å². The Hall–Kier alpha value is -3.15. The van der Waals surface area contributed by atoms with Gasteiger partial charge in [0.25, 0.3) is 0 Å². The molecule has 6 nitrogen and oxygen atoms in total. The number of aromatic nitrogens is 2. The van der Waals surface area contributed by atoms with E-state index in [1.54, 1.807) is 7.11 Å². The lowest BCUT2D eigenvalue weighted by Crippen LogP contribution is -2.25. The van der Waals surface area contributed by atoms with Crippen molar-refractivity contribution in [1.29, 1.82) is 0 Å². The Morgan fingerprint density at radius 2 is 1.77 bits per heavy atom. The van der Waals surface area contributed by atoms with Gasteiger partial charge in [-0.3, -0.25) is 4.79 Å². The van der Waals surface area contributed by atoms with Crippen molar-refractivity contribution in [2.75, 3.05) is 13.7 Å². The highest BCUT2D eigenvalue weighted by Gasteiger charge is 2.10. The maximum atomic E-state index is 12.1. The fourth-order valence-electron chi connectivity index (χ4n) is 3.63. The van der Waals surface area contributed by atoms with Crippen LogP contribution < -0.4 is 10.1 Å². The molecule has 1 heterocycles. The van der Waals surface area contributed by atoms with Crippen LogP contribution in [0.3, 0.4) is 0 Å². The van der Waals surface area contributed by atoms with Gasteiger partial charge in [0.2, 0.25) is 17.6 Å². The van der Waals surface area contributed by atoms with E-state index in [0.717, 1.165) is 17.7 Å². The van der Waals surface area contributed by atoms with Gasteiger partial charge in [-0.05, 0) is 74.6 Å². The van der Waals surface area contributed by atoms with E-state index in [1.807, 2.05) is 24.3 Å². The summed E-state index contributed by atoms with van der Waals surface area (Å²) in [5.41, 5.74) is 6.02. The van der Waals surface area contributed by atoms with Crippen molar-refractivity contribution < 1.29 is 14.1 Å². The minimum absolute atomic E-state index is 0.0484. The van der Waals surface area contributed by atoms with E-state index < -0.39 is 0 Å². The van der Waals surface area contributed by atoms with Gasteiger partial charge in [-0.25, -0.2) is 0 Å². The molecule has 0 bridgehead atoms. The molecule has 0 atom stereocenters. The van der Waals surface area contributed by atoms with Crippen molar-refractivity contribution in [3.8, 4) is 17.1 Å². The molecule has 0 aliphatic rings. The van der Waals surface area contributed by atoms with Gasteiger partial charge in [-0.2, -0.15) is 4.98 Å². The summed E-state index contributed by atoms with van der Waals surface area (Å²) in [6.07, 6.45) is 2.52. The van der Waals surface area contributed by atoms with Crippen molar-refractivity contribution in [1.82, 2.24) is 15.5 Å². The minimum atomic E-state index is 0.0484. The second kappa shape index (κ2) is 10.1. The number of aryl methyl sites for hydroxylation is 4. The van der Waals surface area contributed by atoms with E-state index in [9.17, 15) is 4.79 Å². The third-order valence-electron chi connectivity index (χ3n) is 5.15. The number of carbonyl (C=O) groups is 1. The molecule has 0 unspecified atom stereocenters. The Labute approximate surface area is 177 Å². The topological polar surface area (TPSA) is 77.2 Å². The number of nitrogens with zero attached hydrogens (tertiary/aromatic N) is 2. The lowest BCUT2D eigenvalue weighted by molar-refractivity contribution is -0.121. The first-order chi connectivity index (χ1) is 14.5. The molecule has 1 N–H and O–H groups in total. The number of ether oxygens (including phenoxy) is 1. The zero-order valence-corrected chi connectivity index (χ0v) is 18.1. The largest absolute Gasteiger partial charge is 0.497 e. The smallest absolute Gasteiger partial charge is 0.226 e. The van der Waals surface area contributed by atoms with E-state index in [2.05, 4.69) is 48.4 Å². The molecule has 3 aromatic rings. The Kier molecular flexibility index (Phi) is 7.22. The number of amides is 1. The van der Waals surface area contributed by atoms with Gasteiger partial charge in [0, 0.05) is 24.9 Å².